The van der Waals surface area contributed by atoms with Crippen LogP contribution in [0.5, 0.6) is 0 Å². The van der Waals surface area contributed by atoms with Crippen LogP contribution in [-0.2, 0) is 4.74 Å². The summed E-state index contributed by atoms with van der Waals surface area (Å²) in [5, 5.41) is 0. The molecule has 0 N–H and O–H groups in total. The molecule has 2 rings (SSSR count). The van der Waals surface area contributed by atoms with Gasteiger partial charge in [-0.3, -0.25) is 4.90 Å². The van der Waals surface area contributed by atoms with E-state index in [2.05, 4.69) is 32.6 Å². The Hall–Kier alpha value is -0.0800. The van der Waals surface area contributed by atoms with E-state index in [1.165, 1.54) is 6.42 Å². The second-order valence-electron chi connectivity index (χ2n) is 5.10. The van der Waals surface area contributed by atoms with Crippen LogP contribution in [0.25, 0.3) is 0 Å². The summed E-state index contributed by atoms with van der Waals surface area (Å²) in [6.45, 7) is 10.1. The van der Waals surface area contributed by atoms with Gasteiger partial charge >= 0.3 is 0 Å². The summed E-state index contributed by atoms with van der Waals surface area (Å²) in [5.74, 6) is 0. The van der Waals surface area contributed by atoms with Crippen LogP contribution in [0.3, 0.4) is 0 Å². The molecular formula is C10H19NO. The molecule has 0 amide bonds. The minimum absolute atomic E-state index is 0.308. The van der Waals surface area contributed by atoms with Gasteiger partial charge in [0.2, 0.25) is 0 Å². The van der Waals surface area contributed by atoms with Crippen molar-refractivity contribution in [1.29, 1.82) is 0 Å². The highest BCUT2D eigenvalue weighted by Gasteiger charge is 2.51. The van der Waals surface area contributed by atoms with E-state index >= 15 is 0 Å². The predicted octanol–water partition coefficient (Wildman–Crippen LogP) is 1.65. The molecule has 2 unspecified atom stereocenters. The first-order valence-corrected chi connectivity index (χ1v) is 4.90. The average Bonchev–Trinajstić information content (AvgIpc) is 2.61. The van der Waals surface area contributed by atoms with Crippen molar-refractivity contribution >= 4 is 0 Å². The summed E-state index contributed by atoms with van der Waals surface area (Å²) in [5.41, 5.74) is 0.308. The largest absolute Gasteiger partial charge is 0.375 e. The molecule has 0 aromatic rings. The third-order valence-corrected chi connectivity index (χ3v) is 2.86. The molecule has 70 valence electrons. The maximum Gasteiger partial charge on any atom is 0.0748 e. The van der Waals surface area contributed by atoms with E-state index in [0.29, 0.717) is 23.7 Å². The van der Waals surface area contributed by atoms with Gasteiger partial charge in [0.05, 0.1) is 12.7 Å². The second-order valence-corrected chi connectivity index (χ2v) is 5.10. The first kappa shape index (κ1) is 8.52. The Bertz CT molecular complexity index is 183. The molecule has 1 aliphatic heterocycles. The molecule has 12 heavy (non-hydrogen) atoms. The molecule has 0 aromatic heterocycles. The number of hydrogen-bond acceptors (Lipinski definition) is 2. The van der Waals surface area contributed by atoms with Crippen LogP contribution in [0.15, 0.2) is 0 Å². The van der Waals surface area contributed by atoms with Gasteiger partial charge in [0.15, 0.2) is 0 Å². The van der Waals surface area contributed by atoms with Gasteiger partial charge in [0, 0.05) is 17.6 Å². The lowest BCUT2D eigenvalue weighted by Gasteiger charge is -2.43. The summed E-state index contributed by atoms with van der Waals surface area (Å²) in [6.07, 6.45) is 1.81. The Kier molecular flexibility index (Phi) is 1.74. The van der Waals surface area contributed by atoms with E-state index in [-0.39, 0.29) is 0 Å². The zero-order chi connectivity index (χ0) is 8.93. The molecule has 1 heterocycles. The van der Waals surface area contributed by atoms with Crippen LogP contribution in [-0.4, -0.2) is 35.2 Å². The van der Waals surface area contributed by atoms with Gasteiger partial charge in [0.25, 0.3) is 0 Å². The van der Waals surface area contributed by atoms with Gasteiger partial charge in [-0.05, 0) is 34.1 Å². The third-order valence-electron chi connectivity index (χ3n) is 2.86. The molecule has 0 radical (unpaired) electrons. The highest BCUT2D eigenvalue weighted by atomic mass is 16.5. The molecule has 0 spiro atoms. The van der Waals surface area contributed by atoms with Crippen molar-refractivity contribution in [3.8, 4) is 0 Å². The van der Waals surface area contributed by atoms with Gasteiger partial charge < -0.3 is 4.74 Å². The SMILES string of the molecule is C[C@@H]1COC2CC2N1C(C)(C)C. The lowest BCUT2D eigenvalue weighted by atomic mass is 10.0. The standard InChI is InChI=1S/C10H19NO/c1-7-6-12-9-5-8(9)11(7)10(2,3)4/h7-9H,5-6H2,1-4H3/t7-,8?,9?/m1/s1. The Morgan fingerprint density at radius 1 is 1.33 bits per heavy atom. The van der Waals surface area contributed by atoms with E-state index in [1.54, 1.807) is 0 Å². The highest BCUT2D eigenvalue weighted by Crippen LogP contribution is 2.40. The van der Waals surface area contributed by atoms with Crippen LogP contribution < -0.4 is 0 Å². The van der Waals surface area contributed by atoms with Crippen molar-refractivity contribution in [2.24, 2.45) is 0 Å². The molecule has 2 heteroatoms. The zero-order valence-corrected chi connectivity index (χ0v) is 8.50. The third kappa shape index (κ3) is 1.27. The summed E-state index contributed by atoms with van der Waals surface area (Å²) in [6, 6.07) is 1.31. The fourth-order valence-corrected chi connectivity index (χ4v) is 2.46. The van der Waals surface area contributed by atoms with Gasteiger partial charge in [-0.25, -0.2) is 0 Å². The van der Waals surface area contributed by atoms with E-state index < -0.39 is 0 Å². The average molecular weight is 169 g/mol. The topological polar surface area (TPSA) is 12.5 Å². The van der Waals surface area contributed by atoms with Crippen LogP contribution in [0.2, 0.25) is 0 Å². The van der Waals surface area contributed by atoms with Crippen LogP contribution in [0.4, 0.5) is 0 Å². The zero-order valence-electron chi connectivity index (χ0n) is 8.50. The second kappa shape index (κ2) is 2.46. The predicted molar refractivity (Wildman–Crippen MR) is 49.2 cm³/mol. The van der Waals surface area contributed by atoms with E-state index in [0.717, 1.165) is 6.61 Å². The monoisotopic (exact) mass is 169 g/mol. The molecule has 1 saturated heterocycles. The number of hydrogen-bond donors (Lipinski definition) is 0. The molecule has 1 aliphatic carbocycles. The highest BCUT2D eigenvalue weighted by molar-refractivity contribution is 5.05. The van der Waals surface area contributed by atoms with Crippen molar-refractivity contribution in [3.63, 3.8) is 0 Å². The van der Waals surface area contributed by atoms with Crippen molar-refractivity contribution in [3.05, 3.63) is 0 Å². The maximum atomic E-state index is 5.65. The molecule has 2 nitrogen and oxygen atoms in total. The lowest BCUT2D eigenvalue weighted by molar-refractivity contribution is -0.0456. The Balaban J connectivity index is 2.11. The van der Waals surface area contributed by atoms with Gasteiger partial charge in [0.1, 0.15) is 0 Å². The Morgan fingerprint density at radius 2 is 2.00 bits per heavy atom. The first-order valence-electron chi connectivity index (χ1n) is 4.90. The minimum Gasteiger partial charge on any atom is -0.375 e. The summed E-state index contributed by atoms with van der Waals surface area (Å²) in [4.78, 5) is 2.61. The fraction of sp³-hybridized carbons (Fsp3) is 1.00. The minimum atomic E-state index is 0.308. The van der Waals surface area contributed by atoms with Crippen LogP contribution in [0.1, 0.15) is 34.1 Å². The van der Waals surface area contributed by atoms with Gasteiger partial charge in [-0.15, -0.1) is 0 Å². The molecule has 0 bridgehead atoms. The summed E-state index contributed by atoms with van der Waals surface area (Å²) in [7, 11) is 0. The molecule has 2 aliphatic rings. The summed E-state index contributed by atoms with van der Waals surface area (Å²) >= 11 is 0. The van der Waals surface area contributed by atoms with Gasteiger partial charge in [-0.1, -0.05) is 0 Å². The Labute approximate surface area is 74.9 Å². The van der Waals surface area contributed by atoms with E-state index in [4.69, 9.17) is 4.74 Å². The fourth-order valence-electron chi connectivity index (χ4n) is 2.46. The molecule has 1 saturated carbocycles. The molecule has 0 aromatic carbocycles. The van der Waals surface area contributed by atoms with Crippen molar-refractivity contribution in [2.45, 2.75) is 57.8 Å². The molecular weight excluding hydrogens is 150 g/mol. The van der Waals surface area contributed by atoms with E-state index in [9.17, 15) is 0 Å². The normalized spacial score (nSPS) is 42.5. The van der Waals surface area contributed by atoms with Crippen LogP contribution >= 0.6 is 0 Å². The van der Waals surface area contributed by atoms with Gasteiger partial charge in [-0.2, -0.15) is 0 Å². The summed E-state index contributed by atoms with van der Waals surface area (Å²) < 4.78 is 5.65. The number of rotatable bonds is 0. The molecule has 3 atom stereocenters. The lowest BCUT2D eigenvalue weighted by Crippen LogP contribution is -2.53. The van der Waals surface area contributed by atoms with Crippen molar-refractivity contribution in [2.75, 3.05) is 6.61 Å². The van der Waals surface area contributed by atoms with Crippen molar-refractivity contribution in [1.82, 2.24) is 4.90 Å². The molecule has 2 fully saturated rings. The number of nitrogens with zero attached hydrogens (tertiary/aromatic N) is 1. The smallest absolute Gasteiger partial charge is 0.0748 e. The quantitative estimate of drug-likeness (QED) is 0.546. The van der Waals surface area contributed by atoms with E-state index in [1.807, 2.05) is 0 Å². The number of morpholine rings is 1. The Morgan fingerprint density at radius 3 is 2.50 bits per heavy atom. The van der Waals surface area contributed by atoms with Crippen molar-refractivity contribution < 1.29 is 4.74 Å². The van der Waals surface area contributed by atoms with Crippen LogP contribution in [0, 0.1) is 0 Å². The maximum absolute atomic E-state index is 5.65. The number of ether oxygens (including phenoxy) is 1. The first-order chi connectivity index (χ1) is 5.50. The number of fused-ring (bicyclic) bond motifs is 1.